The Hall–Kier alpha value is -3.28. The van der Waals surface area contributed by atoms with Crippen molar-refractivity contribution in [3.8, 4) is 17.2 Å². The first-order valence-corrected chi connectivity index (χ1v) is 7.91. The molecular weight excluding hydrogens is 336 g/mol. The first-order valence-electron chi connectivity index (χ1n) is 7.91. The minimum atomic E-state index is -0.666. The van der Waals surface area contributed by atoms with E-state index in [0.29, 0.717) is 16.9 Å². The molecule has 0 saturated carbocycles. The Morgan fingerprint density at radius 2 is 1.85 bits per heavy atom. The number of ketones is 1. The van der Waals surface area contributed by atoms with Gasteiger partial charge in [0.05, 0.1) is 7.11 Å². The summed E-state index contributed by atoms with van der Waals surface area (Å²) < 4.78 is 9.84. The molecule has 26 heavy (non-hydrogen) atoms. The van der Waals surface area contributed by atoms with Gasteiger partial charge in [-0.1, -0.05) is 18.2 Å². The van der Waals surface area contributed by atoms with Crippen LogP contribution in [0, 0.1) is 6.92 Å². The van der Waals surface area contributed by atoms with E-state index in [1.54, 1.807) is 31.2 Å². The Labute approximate surface area is 151 Å². The predicted octanol–water partition coefficient (Wildman–Crippen LogP) is 2.78. The van der Waals surface area contributed by atoms with Crippen molar-refractivity contribution in [2.75, 3.05) is 13.7 Å². The molecule has 0 radical (unpaired) electrons. The summed E-state index contributed by atoms with van der Waals surface area (Å²) in [5, 5.41) is 19.3. The summed E-state index contributed by atoms with van der Waals surface area (Å²) in [5.41, 5.74) is 1.96. The molecule has 0 saturated heterocycles. The fourth-order valence-corrected chi connectivity index (χ4v) is 2.22. The lowest BCUT2D eigenvalue weighted by atomic mass is 10.1. The van der Waals surface area contributed by atoms with Crippen molar-refractivity contribution in [3.63, 3.8) is 0 Å². The highest BCUT2D eigenvalue weighted by molar-refractivity contribution is 5.90. The third-order valence-electron chi connectivity index (χ3n) is 3.67. The van der Waals surface area contributed by atoms with Crippen molar-refractivity contribution in [3.05, 3.63) is 59.2 Å². The molecule has 2 rings (SSSR count). The topological polar surface area (TPSA) is 93.1 Å². The first kappa shape index (κ1) is 19.1. The Bertz CT molecular complexity index is 838. The number of phenolic OH excluding ortho intramolecular Hbond substituents is 2. The van der Waals surface area contributed by atoms with Crippen LogP contribution in [0.15, 0.2) is 42.5 Å². The average molecular weight is 356 g/mol. The second-order valence-corrected chi connectivity index (χ2v) is 5.71. The molecule has 6 heteroatoms. The molecule has 0 aliphatic carbocycles. The third-order valence-corrected chi connectivity index (χ3v) is 3.67. The largest absolute Gasteiger partial charge is 0.508 e. The Balaban J connectivity index is 1.84. The summed E-state index contributed by atoms with van der Waals surface area (Å²) in [4.78, 5) is 23.6. The molecule has 0 fully saturated rings. The molecule has 0 bridgehead atoms. The Morgan fingerprint density at radius 1 is 1.08 bits per heavy atom. The van der Waals surface area contributed by atoms with Gasteiger partial charge in [0.25, 0.3) is 0 Å². The molecule has 0 heterocycles. The van der Waals surface area contributed by atoms with E-state index in [4.69, 9.17) is 9.47 Å². The highest BCUT2D eigenvalue weighted by atomic mass is 16.5. The number of ether oxygens (including phenoxy) is 2. The monoisotopic (exact) mass is 356 g/mol. The highest BCUT2D eigenvalue weighted by Gasteiger charge is 2.08. The second kappa shape index (κ2) is 8.71. The first-order chi connectivity index (χ1) is 12.4. The minimum absolute atomic E-state index is 0.0421. The zero-order chi connectivity index (χ0) is 19.1. The van der Waals surface area contributed by atoms with E-state index >= 15 is 0 Å². The molecule has 0 atom stereocenters. The van der Waals surface area contributed by atoms with Crippen LogP contribution in [-0.2, 0) is 20.7 Å². The van der Waals surface area contributed by atoms with Crippen molar-refractivity contribution < 1.29 is 29.3 Å². The van der Waals surface area contributed by atoms with E-state index in [1.165, 1.54) is 31.4 Å². The van der Waals surface area contributed by atoms with Crippen LogP contribution in [0.2, 0.25) is 0 Å². The number of Topliss-reactive ketones (excluding diaryl/α,β-unsaturated/α-hetero) is 1. The summed E-state index contributed by atoms with van der Waals surface area (Å²) in [5.74, 6) is -0.535. The number of esters is 1. The standard InChI is InChI=1S/C20H20O6/c1-13-3-4-15(11-17(13)22)9-16(21)12-26-20(24)8-6-14-5-7-19(25-2)18(23)10-14/h3-8,10-11,22-23H,9,12H2,1-2H3/b8-6+. The van der Waals surface area contributed by atoms with Crippen LogP contribution in [0.4, 0.5) is 0 Å². The van der Waals surface area contributed by atoms with Crippen LogP contribution in [-0.4, -0.2) is 35.7 Å². The average Bonchev–Trinajstić information content (AvgIpc) is 2.61. The van der Waals surface area contributed by atoms with E-state index in [1.807, 2.05) is 0 Å². The number of carbonyl (C=O) groups excluding carboxylic acids is 2. The molecular formula is C20H20O6. The molecule has 0 unspecified atom stereocenters. The molecule has 0 aromatic heterocycles. The van der Waals surface area contributed by atoms with Crippen LogP contribution in [0.5, 0.6) is 17.2 Å². The van der Waals surface area contributed by atoms with Gasteiger partial charge in [-0.2, -0.15) is 0 Å². The molecule has 0 amide bonds. The zero-order valence-corrected chi connectivity index (χ0v) is 14.6. The number of benzene rings is 2. The van der Waals surface area contributed by atoms with E-state index in [0.717, 1.165) is 5.56 Å². The van der Waals surface area contributed by atoms with Gasteiger partial charge < -0.3 is 19.7 Å². The number of methoxy groups -OCH3 is 1. The number of carbonyl (C=O) groups is 2. The van der Waals surface area contributed by atoms with Crippen LogP contribution in [0.1, 0.15) is 16.7 Å². The molecule has 0 aliphatic heterocycles. The predicted molar refractivity (Wildman–Crippen MR) is 96.2 cm³/mol. The second-order valence-electron chi connectivity index (χ2n) is 5.71. The molecule has 0 spiro atoms. The third kappa shape index (κ3) is 5.37. The van der Waals surface area contributed by atoms with Gasteiger partial charge in [-0.3, -0.25) is 4.79 Å². The highest BCUT2D eigenvalue weighted by Crippen LogP contribution is 2.26. The van der Waals surface area contributed by atoms with Crippen molar-refractivity contribution >= 4 is 17.8 Å². The normalized spacial score (nSPS) is 10.7. The number of aryl methyl sites for hydroxylation is 1. The number of aromatic hydroxyl groups is 2. The van der Waals surface area contributed by atoms with Crippen molar-refractivity contribution in [2.24, 2.45) is 0 Å². The number of rotatable bonds is 7. The van der Waals surface area contributed by atoms with Crippen molar-refractivity contribution in [2.45, 2.75) is 13.3 Å². The summed E-state index contributed by atoms with van der Waals surface area (Å²) in [6, 6.07) is 9.66. The van der Waals surface area contributed by atoms with E-state index in [9.17, 15) is 19.8 Å². The van der Waals surface area contributed by atoms with E-state index in [2.05, 4.69) is 0 Å². The van der Waals surface area contributed by atoms with Gasteiger partial charge in [-0.15, -0.1) is 0 Å². The summed E-state index contributed by atoms with van der Waals surface area (Å²) >= 11 is 0. The van der Waals surface area contributed by atoms with Gasteiger partial charge in [0.1, 0.15) is 5.75 Å². The molecule has 6 nitrogen and oxygen atoms in total. The Kier molecular flexibility index (Phi) is 6.38. The number of phenols is 2. The van der Waals surface area contributed by atoms with E-state index < -0.39 is 5.97 Å². The van der Waals surface area contributed by atoms with Crippen LogP contribution >= 0.6 is 0 Å². The van der Waals surface area contributed by atoms with Crippen molar-refractivity contribution in [1.82, 2.24) is 0 Å². The lowest BCUT2D eigenvalue weighted by Gasteiger charge is -2.05. The van der Waals surface area contributed by atoms with E-state index in [-0.39, 0.29) is 30.3 Å². The fraction of sp³-hybridized carbons (Fsp3) is 0.200. The van der Waals surface area contributed by atoms with Gasteiger partial charge in [0, 0.05) is 12.5 Å². The summed E-state index contributed by atoms with van der Waals surface area (Å²) in [6.07, 6.45) is 2.70. The fourth-order valence-electron chi connectivity index (χ4n) is 2.22. The quantitative estimate of drug-likeness (QED) is 0.585. The van der Waals surface area contributed by atoms with Crippen LogP contribution < -0.4 is 4.74 Å². The lowest BCUT2D eigenvalue weighted by molar-refractivity contribution is -0.142. The smallest absolute Gasteiger partial charge is 0.331 e. The van der Waals surface area contributed by atoms with Gasteiger partial charge >= 0.3 is 5.97 Å². The van der Waals surface area contributed by atoms with Gasteiger partial charge in [-0.05, 0) is 47.9 Å². The molecule has 2 aromatic carbocycles. The zero-order valence-electron chi connectivity index (χ0n) is 14.6. The van der Waals surface area contributed by atoms with Gasteiger partial charge in [0.15, 0.2) is 23.9 Å². The summed E-state index contributed by atoms with van der Waals surface area (Å²) in [7, 11) is 1.44. The maximum Gasteiger partial charge on any atom is 0.331 e. The minimum Gasteiger partial charge on any atom is -0.508 e. The Morgan fingerprint density at radius 3 is 2.50 bits per heavy atom. The lowest BCUT2D eigenvalue weighted by Crippen LogP contribution is -2.14. The van der Waals surface area contributed by atoms with Crippen molar-refractivity contribution in [1.29, 1.82) is 0 Å². The molecule has 136 valence electrons. The van der Waals surface area contributed by atoms with Crippen LogP contribution in [0.25, 0.3) is 6.08 Å². The SMILES string of the molecule is COc1ccc(/C=C/C(=O)OCC(=O)Cc2ccc(C)c(O)c2)cc1O. The van der Waals surface area contributed by atoms with Gasteiger partial charge in [0.2, 0.25) is 0 Å². The molecule has 2 aromatic rings. The molecule has 0 aliphatic rings. The maximum absolute atomic E-state index is 11.9. The number of hydrogen-bond acceptors (Lipinski definition) is 6. The maximum atomic E-state index is 11.9. The summed E-state index contributed by atoms with van der Waals surface area (Å²) in [6.45, 7) is 1.41. The van der Waals surface area contributed by atoms with Crippen LogP contribution in [0.3, 0.4) is 0 Å². The number of hydrogen-bond donors (Lipinski definition) is 2. The van der Waals surface area contributed by atoms with Gasteiger partial charge in [-0.25, -0.2) is 4.79 Å². The molecule has 2 N–H and O–H groups in total.